The monoisotopic (exact) mass is 353 g/mol. The van der Waals surface area contributed by atoms with Crippen LogP contribution >= 0.6 is 0 Å². The van der Waals surface area contributed by atoms with Crippen molar-refractivity contribution in [3.05, 3.63) is 24.3 Å². The summed E-state index contributed by atoms with van der Waals surface area (Å²) >= 11 is 0. The summed E-state index contributed by atoms with van der Waals surface area (Å²) in [5.41, 5.74) is 0. The number of ether oxygens (including phenoxy) is 1. The van der Waals surface area contributed by atoms with Crippen LogP contribution in [0.2, 0.25) is 0 Å². The molecule has 0 spiro atoms. The molecule has 2 heterocycles. The zero-order valence-corrected chi connectivity index (χ0v) is 14.8. The van der Waals surface area contributed by atoms with Gasteiger partial charge in [0.15, 0.2) is 0 Å². The standard InChI is InChI=1S/C16H23N3O4S/c1-13-18(16(20)17-9-3-4-10-17)11-12-19(13)24(21,22)15-7-5-14(23-2)6-8-15/h5-8,13H,3-4,9-12H2,1-2H3/t13-/m1/s1. The fourth-order valence-corrected chi connectivity index (χ4v) is 4.87. The van der Waals surface area contributed by atoms with Crippen LogP contribution in [-0.2, 0) is 10.0 Å². The highest BCUT2D eigenvalue weighted by molar-refractivity contribution is 7.89. The number of methoxy groups -OCH3 is 1. The predicted octanol–water partition coefficient (Wildman–Crippen LogP) is 1.56. The van der Waals surface area contributed by atoms with Gasteiger partial charge in [-0.3, -0.25) is 0 Å². The Labute approximate surface area is 142 Å². The molecule has 2 fully saturated rings. The van der Waals surface area contributed by atoms with Crippen LogP contribution in [0.5, 0.6) is 5.75 Å². The van der Waals surface area contributed by atoms with Crippen LogP contribution in [0.3, 0.4) is 0 Å². The van der Waals surface area contributed by atoms with Gasteiger partial charge in [0.1, 0.15) is 5.75 Å². The number of benzene rings is 1. The average Bonchev–Trinajstić information content (AvgIpc) is 3.24. The zero-order valence-electron chi connectivity index (χ0n) is 14.0. The van der Waals surface area contributed by atoms with Crippen LogP contribution < -0.4 is 4.74 Å². The van der Waals surface area contributed by atoms with Crippen molar-refractivity contribution in [1.82, 2.24) is 14.1 Å². The molecule has 8 heteroatoms. The lowest BCUT2D eigenvalue weighted by molar-refractivity contribution is 0.149. The highest BCUT2D eigenvalue weighted by atomic mass is 32.2. The van der Waals surface area contributed by atoms with Gasteiger partial charge in [0.05, 0.1) is 18.2 Å². The van der Waals surface area contributed by atoms with Crippen LogP contribution in [0.1, 0.15) is 19.8 Å². The van der Waals surface area contributed by atoms with Gasteiger partial charge < -0.3 is 14.5 Å². The lowest BCUT2D eigenvalue weighted by Crippen LogP contribution is -2.47. The van der Waals surface area contributed by atoms with E-state index in [1.165, 1.54) is 23.5 Å². The maximum atomic E-state index is 12.9. The summed E-state index contributed by atoms with van der Waals surface area (Å²) in [5.74, 6) is 0.606. The van der Waals surface area contributed by atoms with E-state index in [9.17, 15) is 13.2 Å². The average molecular weight is 353 g/mol. The molecule has 7 nitrogen and oxygen atoms in total. The number of carbonyl (C=O) groups is 1. The minimum absolute atomic E-state index is 0.0626. The van der Waals surface area contributed by atoms with Crippen LogP contribution in [0.4, 0.5) is 4.79 Å². The van der Waals surface area contributed by atoms with Crippen molar-refractivity contribution in [3.63, 3.8) is 0 Å². The fourth-order valence-electron chi connectivity index (χ4n) is 3.29. The second kappa shape index (κ2) is 6.60. The maximum Gasteiger partial charge on any atom is 0.321 e. The number of sulfonamides is 1. The van der Waals surface area contributed by atoms with E-state index in [2.05, 4.69) is 0 Å². The summed E-state index contributed by atoms with van der Waals surface area (Å²) in [6, 6.07) is 6.26. The van der Waals surface area contributed by atoms with Crippen molar-refractivity contribution in [1.29, 1.82) is 0 Å². The second-order valence-corrected chi connectivity index (χ2v) is 7.98. The largest absolute Gasteiger partial charge is 0.497 e. The summed E-state index contributed by atoms with van der Waals surface area (Å²) in [5, 5.41) is 0. The Morgan fingerprint density at radius 2 is 1.71 bits per heavy atom. The molecule has 1 aromatic rings. The van der Waals surface area contributed by atoms with E-state index < -0.39 is 16.2 Å². The number of likely N-dealkylation sites (tertiary alicyclic amines) is 1. The molecule has 0 bridgehead atoms. The van der Waals surface area contributed by atoms with Crippen molar-refractivity contribution in [2.75, 3.05) is 33.3 Å². The number of urea groups is 1. The summed E-state index contributed by atoms with van der Waals surface area (Å²) in [6.07, 6.45) is 1.55. The molecule has 2 saturated heterocycles. The maximum absolute atomic E-state index is 12.9. The topological polar surface area (TPSA) is 70.2 Å². The third kappa shape index (κ3) is 2.95. The molecule has 24 heavy (non-hydrogen) atoms. The Morgan fingerprint density at radius 3 is 2.29 bits per heavy atom. The first-order valence-electron chi connectivity index (χ1n) is 8.16. The lowest BCUT2D eigenvalue weighted by atomic mass is 10.3. The van der Waals surface area contributed by atoms with E-state index in [1.807, 2.05) is 0 Å². The van der Waals surface area contributed by atoms with Gasteiger partial charge in [-0.2, -0.15) is 4.31 Å². The van der Waals surface area contributed by atoms with E-state index >= 15 is 0 Å². The number of rotatable bonds is 3. The minimum atomic E-state index is -3.64. The molecule has 0 saturated carbocycles. The van der Waals surface area contributed by atoms with Crippen molar-refractivity contribution in [3.8, 4) is 5.75 Å². The molecule has 0 N–H and O–H groups in total. The Bertz CT molecular complexity index is 699. The highest BCUT2D eigenvalue weighted by Gasteiger charge is 2.41. The quantitative estimate of drug-likeness (QED) is 0.827. The predicted molar refractivity (Wildman–Crippen MR) is 89.3 cm³/mol. The molecule has 2 aliphatic heterocycles. The number of carbonyl (C=O) groups excluding carboxylic acids is 1. The molecule has 0 aromatic heterocycles. The van der Waals surface area contributed by atoms with Gasteiger partial charge in [-0.15, -0.1) is 0 Å². The first-order chi connectivity index (χ1) is 11.4. The van der Waals surface area contributed by atoms with Gasteiger partial charge in [-0.25, -0.2) is 13.2 Å². The first kappa shape index (κ1) is 17.0. The number of hydrogen-bond donors (Lipinski definition) is 0. The molecule has 0 radical (unpaired) electrons. The van der Waals surface area contributed by atoms with Crippen LogP contribution in [0.15, 0.2) is 29.2 Å². The van der Waals surface area contributed by atoms with E-state index in [-0.39, 0.29) is 10.9 Å². The van der Waals surface area contributed by atoms with E-state index in [0.717, 1.165) is 25.9 Å². The van der Waals surface area contributed by atoms with Gasteiger partial charge in [-0.05, 0) is 44.0 Å². The number of nitrogens with zero attached hydrogens (tertiary/aromatic N) is 3. The van der Waals surface area contributed by atoms with Crippen molar-refractivity contribution >= 4 is 16.1 Å². The lowest BCUT2D eigenvalue weighted by Gasteiger charge is -2.29. The molecular weight excluding hydrogens is 330 g/mol. The van der Waals surface area contributed by atoms with E-state index in [1.54, 1.807) is 28.9 Å². The van der Waals surface area contributed by atoms with Crippen molar-refractivity contribution in [2.45, 2.75) is 30.8 Å². The molecule has 132 valence electrons. The van der Waals surface area contributed by atoms with Gasteiger partial charge in [0.2, 0.25) is 10.0 Å². The van der Waals surface area contributed by atoms with E-state index in [4.69, 9.17) is 4.74 Å². The van der Waals surface area contributed by atoms with Gasteiger partial charge in [-0.1, -0.05) is 0 Å². The van der Waals surface area contributed by atoms with Gasteiger partial charge >= 0.3 is 6.03 Å². The van der Waals surface area contributed by atoms with Crippen molar-refractivity contribution < 1.29 is 17.9 Å². The third-order valence-electron chi connectivity index (χ3n) is 4.72. The zero-order chi connectivity index (χ0) is 17.3. The van der Waals surface area contributed by atoms with Crippen molar-refractivity contribution in [2.24, 2.45) is 0 Å². The molecule has 0 unspecified atom stereocenters. The Balaban J connectivity index is 1.77. The molecule has 2 aliphatic rings. The second-order valence-electron chi connectivity index (χ2n) is 6.09. The summed E-state index contributed by atoms with van der Waals surface area (Å²) in [4.78, 5) is 16.2. The van der Waals surface area contributed by atoms with E-state index in [0.29, 0.717) is 18.8 Å². The molecular formula is C16H23N3O4S. The molecule has 0 aliphatic carbocycles. The molecule has 2 amide bonds. The Kier molecular flexibility index (Phi) is 4.69. The van der Waals surface area contributed by atoms with Gasteiger partial charge in [0, 0.05) is 26.2 Å². The summed E-state index contributed by atoms with van der Waals surface area (Å²) in [7, 11) is -2.10. The summed E-state index contributed by atoms with van der Waals surface area (Å²) < 4.78 is 32.2. The molecule has 3 rings (SSSR count). The highest BCUT2D eigenvalue weighted by Crippen LogP contribution is 2.26. The van der Waals surface area contributed by atoms with Gasteiger partial charge in [0.25, 0.3) is 0 Å². The number of amides is 2. The Hall–Kier alpha value is -1.80. The molecule has 1 aromatic carbocycles. The third-order valence-corrected chi connectivity index (χ3v) is 6.69. The normalized spacial score (nSPS) is 22.2. The Morgan fingerprint density at radius 1 is 1.08 bits per heavy atom. The smallest absolute Gasteiger partial charge is 0.321 e. The van der Waals surface area contributed by atoms with Crippen LogP contribution in [-0.4, -0.2) is 68.0 Å². The number of hydrogen-bond acceptors (Lipinski definition) is 4. The fraction of sp³-hybridized carbons (Fsp3) is 0.562. The SMILES string of the molecule is COc1ccc(S(=O)(=O)N2CCN(C(=O)N3CCCC3)[C@H]2C)cc1. The van der Waals surface area contributed by atoms with Crippen LogP contribution in [0.25, 0.3) is 0 Å². The molecule has 1 atom stereocenters. The minimum Gasteiger partial charge on any atom is -0.497 e. The summed E-state index contributed by atoms with van der Waals surface area (Å²) in [6.45, 7) is 4.02. The van der Waals surface area contributed by atoms with Crippen LogP contribution in [0, 0.1) is 0 Å². The first-order valence-corrected chi connectivity index (χ1v) is 9.60.